The van der Waals surface area contributed by atoms with E-state index in [0.29, 0.717) is 22.6 Å². The SMILES string of the molecule is CC1(C(=O)Nc2nc(-c3ccc(F)c4ccccc34)cs2)CC2(C#N)c3ccccc3C1c1ccccc12. The molecule has 6 heteroatoms. The second-order valence-electron chi connectivity index (χ2n) is 10.4. The van der Waals surface area contributed by atoms with Crippen molar-refractivity contribution in [2.24, 2.45) is 5.41 Å². The molecular weight excluding hydrogens is 493 g/mol. The number of nitriles is 1. The van der Waals surface area contributed by atoms with E-state index in [1.165, 1.54) is 17.4 Å². The summed E-state index contributed by atoms with van der Waals surface area (Å²) in [4.78, 5) is 18.8. The molecule has 1 aromatic heterocycles. The van der Waals surface area contributed by atoms with Gasteiger partial charge < -0.3 is 5.32 Å². The Morgan fingerprint density at radius 2 is 1.61 bits per heavy atom. The third-order valence-corrected chi connectivity index (χ3v) is 9.07. The molecule has 4 nitrogen and oxygen atoms in total. The molecular formula is C32H22FN3OS. The van der Waals surface area contributed by atoms with Gasteiger partial charge in [0.1, 0.15) is 11.2 Å². The number of thiazole rings is 1. The summed E-state index contributed by atoms with van der Waals surface area (Å²) in [5.41, 5.74) is 3.81. The van der Waals surface area contributed by atoms with Crippen molar-refractivity contribution in [3.8, 4) is 17.3 Å². The van der Waals surface area contributed by atoms with E-state index in [2.05, 4.69) is 11.4 Å². The normalized spacial score (nSPS) is 22.9. The zero-order valence-electron chi connectivity index (χ0n) is 20.5. The molecule has 1 unspecified atom stereocenters. The Labute approximate surface area is 223 Å². The zero-order valence-corrected chi connectivity index (χ0v) is 21.4. The van der Waals surface area contributed by atoms with Gasteiger partial charge in [0.15, 0.2) is 5.13 Å². The van der Waals surface area contributed by atoms with Crippen molar-refractivity contribution in [1.82, 2.24) is 4.98 Å². The van der Waals surface area contributed by atoms with E-state index in [1.807, 2.05) is 79.0 Å². The minimum atomic E-state index is -0.894. The van der Waals surface area contributed by atoms with Gasteiger partial charge in [-0.2, -0.15) is 5.26 Å². The van der Waals surface area contributed by atoms with Crippen LogP contribution < -0.4 is 5.32 Å². The van der Waals surface area contributed by atoms with Crippen molar-refractivity contribution in [3.05, 3.63) is 118 Å². The first-order valence-electron chi connectivity index (χ1n) is 12.5. The van der Waals surface area contributed by atoms with Crippen LogP contribution in [-0.2, 0) is 10.2 Å². The van der Waals surface area contributed by atoms with Gasteiger partial charge >= 0.3 is 0 Å². The maximum absolute atomic E-state index is 14.4. The van der Waals surface area contributed by atoms with Crippen LogP contribution in [0.2, 0.25) is 0 Å². The van der Waals surface area contributed by atoms with Crippen LogP contribution in [0.4, 0.5) is 9.52 Å². The average Bonchev–Trinajstić information content (AvgIpc) is 3.41. The number of benzene rings is 4. The number of carbonyl (C=O) groups is 1. The van der Waals surface area contributed by atoms with Gasteiger partial charge in [-0.15, -0.1) is 11.3 Å². The highest BCUT2D eigenvalue weighted by Gasteiger charge is 2.61. The number of rotatable bonds is 3. The van der Waals surface area contributed by atoms with Crippen molar-refractivity contribution < 1.29 is 9.18 Å². The molecule has 0 fully saturated rings. The fourth-order valence-electron chi connectivity index (χ4n) is 6.67. The first kappa shape index (κ1) is 22.8. The van der Waals surface area contributed by atoms with E-state index in [1.54, 1.807) is 12.1 Å². The predicted molar refractivity (Wildman–Crippen MR) is 147 cm³/mol. The molecule has 1 heterocycles. The highest BCUT2D eigenvalue weighted by atomic mass is 32.1. The van der Waals surface area contributed by atoms with Gasteiger partial charge in [-0.05, 0) is 53.1 Å². The Kier molecular flexibility index (Phi) is 4.85. The lowest BCUT2D eigenvalue weighted by Gasteiger charge is -2.54. The molecule has 38 heavy (non-hydrogen) atoms. The van der Waals surface area contributed by atoms with Crippen LogP contribution in [0, 0.1) is 22.6 Å². The molecule has 184 valence electrons. The third-order valence-electron chi connectivity index (χ3n) is 8.31. The van der Waals surface area contributed by atoms with Crippen LogP contribution in [0.15, 0.2) is 90.3 Å². The third kappa shape index (κ3) is 3.00. The lowest BCUT2D eigenvalue weighted by Crippen LogP contribution is -2.53. The van der Waals surface area contributed by atoms with E-state index in [9.17, 15) is 14.4 Å². The molecule has 3 aliphatic carbocycles. The van der Waals surface area contributed by atoms with Crippen molar-refractivity contribution in [3.63, 3.8) is 0 Å². The maximum Gasteiger partial charge on any atom is 0.233 e. The Morgan fingerprint density at radius 3 is 2.29 bits per heavy atom. The molecule has 5 aromatic rings. The van der Waals surface area contributed by atoms with Crippen molar-refractivity contribution in [1.29, 1.82) is 5.26 Å². The molecule has 0 saturated carbocycles. The molecule has 0 radical (unpaired) electrons. The summed E-state index contributed by atoms with van der Waals surface area (Å²) >= 11 is 1.34. The Morgan fingerprint density at radius 1 is 0.974 bits per heavy atom. The molecule has 0 spiro atoms. The smallest absolute Gasteiger partial charge is 0.233 e. The molecule has 8 rings (SSSR count). The van der Waals surface area contributed by atoms with Crippen LogP contribution >= 0.6 is 11.3 Å². The van der Waals surface area contributed by atoms with Gasteiger partial charge in [0.2, 0.25) is 5.91 Å². The molecule has 0 aliphatic heterocycles. The summed E-state index contributed by atoms with van der Waals surface area (Å²) in [6.07, 6.45) is 0.391. The van der Waals surface area contributed by atoms with Crippen molar-refractivity contribution >= 4 is 33.1 Å². The fraction of sp³-hybridized carbons (Fsp3) is 0.156. The molecule has 3 aliphatic rings. The molecule has 1 atom stereocenters. The number of hydrogen-bond acceptors (Lipinski definition) is 4. The molecule has 4 aromatic carbocycles. The van der Waals surface area contributed by atoms with Crippen LogP contribution in [-0.4, -0.2) is 10.9 Å². The van der Waals surface area contributed by atoms with Gasteiger partial charge in [0.25, 0.3) is 0 Å². The number of hydrogen-bond donors (Lipinski definition) is 1. The zero-order chi connectivity index (χ0) is 26.1. The number of halogens is 1. The summed E-state index contributed by atoms with van der Waals surface area (Å²) in [6.45, 7) is 1.97. The molecule has 1 amide bonds. The monoisotopic (exact) mass is 515 g/mol. The number of fused-ring (bicyclic) bond motifs is 2. The second-order valence-corrected chi connectivity index (χ2v) is 11.2. The Hall–Kier alpha value is -4.34. The quantitative estimate of drug-likeness (QED) is 0.272. The van der Waals surface area contributed by atoms with Crippen LogP contribution in [0.3, 0.4) is 0 Å². The van der Waals surface area contributed by atoms with E-state index < -0.39 is 10.8 Å². The lowest BCUT2D eigenvalue weighted by molar-refractivity contribution is -0.127. The van der Waals surface area contributed by atoms with Crippen molar-refractivity contribution in [2.75, 3.05) is 5.32 Å². The van der Waals surface area contributed by atoms with Crippen LogP contribution in [0.1, 0.15) is 41.5 Å². The summed E-state index contributed by atoms with van der Waals surface area (Å²) in [5, 5.41) is 17.3. The lowest BCUT2D eigenvalue weighted by atomic mass is 9.47. The van der Waals surface area contributed by atoms with Gasteiger partial charge in [-0.25, -0.2) is 9.37 Å². The number of carbonyl (C=O) groups excluding carboxylic acids is 1. The van der Waals surface area contributed by atoms with Crippen LogP contribution in [0.5, 0.6) is 0 Å². The highest BCUT2D eigenvalue weighted by Crippen LogP contribution is 2.63. The summed E-state index contributed by atoms with van der Waals surface area (Å²) in [5.74, 6) is -0.609. The molecule has 1 N–H and O–H groups in total. The molecule has 2 bridgehead atoms. The number of aromatic nitrogens is 1. The largest absolute Gasteiger partial charge is 0.301 e. The Balaban J connectivity index is 1.28. The minimum Gasteiger partial charge on any atom is -0.301 e. The molecule has 0 saturated heterocycles. The average molecular weight is 516 g/mol. The van der Waals surface area contributed by atoms with Gasteiger partial charge in [-0.3, -0.25) is 4.79 Å². The highest BCUT2D eigenvalue weighted by molar-refractivity contribution is 7.14. The van der Waals surface area contributed by atoms with Gasteiger partial charge in [0.05, 0.1) is 17.2 Å². The summed E-state index contributed by atoms with van der Waals surface area (Å²) in [7, 11) is 0. The van der Waals surface area contributed by atoms with E-state index in [0.717, 1.165) is 33.2 Å². The standard InChI is InChI=1S/C32H22FN3OS/c1-31(17-32(18-34)24-12-6-4-10-22(24)28(31)23-11-5-7-13-25(23)32)29(37)36-30-35-27(16-38-30)21-14-15-26(33)20-9-3-2-8-19(20)21/h2-16,28H,17H2,1H3,(H,35,36,37). The van der Waals surface area contributed by atoms with Crippen LogP contribution in [0.25, 0.3) is 22.0 Å². The topological polar surface area (TPSA) is 65.8 Å². The number of nitrogens with zero attached hydrogens (tertiary/aromatic N) is 2. The second kappa shape index (κ2) is 8.08. The number of nitrogens with one attached hydrogen (secondary N) is 1. The van der Waals surface area contributed by atoms with E-state index in [-0.39, 0.29) is 17.6 Å². The first-order chi connectivity index (χ1) is 18.5. The summed E-state index contributed by atoms with van der Waals surface area (Å²) in [6, 6.07) is 29.1. The number of anilines is 1. The van der Waals surface area contributed by atoms with Gasteiger partial charge in [-0.1, -0.05) is 72.8 Å². The fourth-order valence-corrected chi connectivity index (χ4v) is 7.37. The van der Waals surface area contributed by atoms with E-state index in [4.69, 9.17) is 4.98 Å². The van der Waals surface area contributed by atoms with Crippen molar-refractivity contribution in [2.45, 2.75) is 24.7 Å². The van der Waals surface area contributed by atoms with E-state index >= 15 is 0 Å². The van der Waals surface area contributed by atoms with Gasteiger partial charge in [0, 0.05) is 22.2 Å². The Bertz CT molecular complexity index is 1770. The maximum atomic E-state index is 14.4. The minimum absolute atomic E-state index is 0.156. The first-order valence-corrected chi connectivity index (χ1v) is 13.4. The summed E-state index contributed by atoms with van der Waals surface area (Å²) < 4.78 is 14.4. The predicted octanol–water partition coefficient (Wildman–Crippen LogP) is 7.41. The number of amides is 1.